The average Bonchev–Trinajstić information content (AvgIpc) is 3.22. The summed E-state index contributed by atoms with van der Waals surface area (Å²) >= 11 is 0. The van der Waals surface area contributed by atoms with Gasteiger partial charge in [0.15, 0.2) is 6.10 Å². The minimum absolute atomic E-state index is 0.0892. The molecule has 0 amide bonds. The molecule has 0 saturated carbocycles. The van der Waals surface area contributed by atoms with Crippen molar-refractivity contribution in [2.45, 2.75) is 239 Å². The fourth-order valence-electron chi connectivity index (χ4n) is 6.49. The van der Waals surface area contributed by atoms with Crippen LogP contribution in [0.1, 0.15) is 233 Å². The van der Waals surface area contributed by atoms with Crippen molar-refractivity contribution in [1.82, 2.24) is 0 Å². The summed E-state index contributed by atoms with van der Waals surface area (Å²) < 4.78 is 16.7. The van der Waals surface area contributed by atoms with Gasteiger partial charge < -0.3 is 14.2 Å². The van der Waals surface area contributed by atoms with E-state index in [1.807, 2.05) is 0 Å². The second-order valence-electron chi connectivity index (χ2n) is 16.0. The van der Waals surface area contributed by atoms with Crippen LogP contribution in [0.25, 0.3) is 0 Å². The third-order valence-corrected chi connectivity index (χ3v) is 10.2. The Bertz CT molecular complexity index is 1070. The van der Waals surface area contributed by atoms with E-state index in [1.165, 1.54) is 77.0 Å². The summed E-state index contributed by atoms with van der Waals surface area (Å²) in [6.45, 7) is 6.48. The van der Waals surface area contributed by atoms with Crippen LogP contribution in [0, 0.1) is 0 Å². The molecule has 0 heterocycles. The van der Waals surface area contributed by atoms with E-state index in [9.17, 15) is 14.4 Å². The average molecular weight is 811 g/mol. The highest BCUT2D eigenvalue weighted by molar-refractivity contribution is 5.71. The van der Waals surface area contributed by atoms with E-state index in [2.05, 4.69) is 81.5 Å². The normalized spacial score (nSPS) is 12.5. The van der Waals surface area contributed by atoms with Crippen molar-refractivity contribution in [3.63, 3.8) is 0 Å². The molecule has 0 aromatic heterocycles. The summed E-state index contributed by atoms with van der Waals surface area (Å²) in [5.74, 6) is -0.927. The molecule has 0 aliphatic rings. The van der Waals surface area contributed by atoms with Gasteiger partial charge in [0.1, 0.15) is 13.2 Å². The van der Waals surface area contributed by atoms with E-state index < -0.39 is 6.10 Å². The zero-order valence-corrected chi connectivity index (χ0v) is 38.0. The summed E-state index contributed by atoms with van der Waals surface area (Å²) in [7, 11) is 0. The van der Waals surface area contributed by atoms with Crippen LogP contribution in [-0.2, 0) is 28.6 Å². The number of hydrogen-bond acceptors (Lipinski definition) is 6. The molecule has 0 bridgehead atoms. The standard InChI is InChI=1S/C52H90O6/c1-4-7-10-13-16-19-22-25-28-30-33-36-39-42-45-51(54)57-48-49(58-52(55)46-43-40-37-34-31-27-24-21-18-15-12-9-6-3)47-56-50(53)44-41-38-35-32-29-26-23-20-17-14-11-8-5-2/h12-13,15-16,20-25,49H,4-11,14,17-19,26-48H2,1-3H3/b15-12-,16-13-,23-20-,24-21-,25-22-. The molecular weight excluding hydrogens is 721 g/mol. The summed E-state index contributed by atoms with van der Waals surface area (Å²) in [6.07, 6.45) is 56.2. The molecule has 0 spiro atoms. The zero-order chi connectivity index (χ0) is 42.3. The van der Waals surface area contributed by atoms with Crippen molar-refractivity contribution < 1.29 is 28.6 Å². The second-order valence-corrected chi connectivity index (χ2v) is 16.0. The van der Waals surface area contributed by atoms with E-state index in [0.29, 0.717) is 19.3 Å². The van der Waals surface area contributed by atoms with Crippen molar-refractivity contribution in [3.05, 3.63) is 60.8 Å². The topological polar surface area (TPSA) is 78.9 Å². The van der Waals surface area contributed by atoms with E-state index in [4.69, 9.17) is 14.2 Å². The first-order chi connectivity index (χ1) is 28.5. The highest BCUT2D eigenvalue weighted by Gasteiger charge is 2.19. The lowest BCUT2D eigenvalue weighted by Gasteiger charge is -2.18. The Morgan fingerprint density at radius 3 is 1.09 bits per heavy atom. The Labute approximate surface area is 358 Å². The number of unbranched alkanes of at least 4 members (excludes halogenated alkanes) is 22. The van der Waals surface area contributed by atoms with Gasteiger partial charge in [-0.1, -0.05) is 178 Å². The number of rotatable bonds is 43. The van der Waals surface area contributed by atoms with E-state index in [0.717, 1.165) is 116 Å². The van der Waals surface area contributed by atoms with Gasteiger partial charge in [0.2, 0.25) is 0 Å². The van der Waals surface area contributed by atoms with Crippen molar-refractivity contribution in [2.75, 3.05) is 13.2 Å². The molecule has 0 aromatic carbocycles. The molecule has 58 heavy (non-hydrogen) atoms. The minimum atomic E-state index is -0.788. The Balaban J connectivity index is 4.44. The summed E-state index contributed by atoms with van der Waals surface area (Å²) in [4.78, 5) is 37.8. The smallest absolute Gasteiger partial charge is 0.306 e. The summed E-state index contributed by atoms with van der Waals surface area (Å²) in [6, 6.07) is 0. The SMILES string of the molecule is CCC/C=C\C/C=C\CCCCCCCC(=O)OC(COC(=O)CCCCCCC/C=C\C/C=C\CCCC)COC(=O)CCCCCCC/C=C\CCCCCC. The van der Waals surface area contributed by atoms with Gasteiger partial charge in [-0.05, 0) is 96.3 Å². The Hall–Kier alpha value is -2.89. The lowest BCUT2D eigenvalue weighted by molar-refractivity contribution is -0.167. The van der Waals surface area contributed by atoms with Gasteiger partial charge in [-0.3, -0.25) is 14.4 Å². The number of esters is 3. The van der Waals surface area contributed by atoms with Gasteiger partial charge in [0.05, 0.1) is 0 Å². The number of allylic oxidation sites excluding steroid dienone is 10. The molecule has 6 heteroatoms. The molecule has 1 atom stereocenters. The molecule has 0 aliphatic heterocycles. The van der Waals surface area contributed by atoms with Crippen LogP contribution in [-0.4, -0.2) is 37.2 Å². The maximum Gasteiger partial charge on any atom is 0.306 e. The largest absolute Gasteiger partial charge is 0.462 e. The van der Waals surface area contributed by atoms with E-state index >= 15 is 0 Å². The first-order valence-corrected chi connectivity index (χ1v) is 24.3. The Morgan fingerprint density at radius 1 is 0.345 bits per heavy atom. The van der Waals surface area contributed by atoms with Crippen LogP contribution in [0.5, 0.6) is 0 Å². The van der Waals surface area contributed by atoms with E-state index in [-0.39, 0.29) is 31.1 Å². The van der Waals surface area contributed by atoms with Crippen LogP contribution in [0.3, 0.4) is 0 Å². The Kier molecular flexibility index (Phi) is 44.5. The molecule has 0 radical (unpaired) electrons. The molecule has 6 nitrogen and oxygen atoms in total. The fourth-order valence-corrected chi connectivity index (χ4v) is 6.49. The number of carbonyl (C=O) groups is 3. The number of hydrogen-bond donors (Lipinski definition) is 0. The minimum Gasteiger partial charge on any atom is -0.462 e. The van der Waals surface area contributed by atoms with Gasteiger partial charge in [-0.25, -0.2) is 0 Å². The molecule has 0 N–H and O–H groups in total. The predicted molar refractivity (Wildman–Crippen MR) is 247 cm³/mol. The van der Waals surface area contributed by atoms with Crippen molar-refractivity contribution in [1.29, 1.82) is 0 Å². The maximum absolute atomic E-state index is 12.7. The van der Waals surface area contributed by atoms with Gasteiger partial charge in [-0.2, -0.15) is 0 Å². The lowest BCUT2D eigenvalue weighted by atomic mass is 10.1. The lowest BCUT2D eigenvalue weighted by Crippen LogP contribution is -2.30. The summed E-state index contributed by atoms with van der Waals surface area (Å²) in [5.41, 5.74) is 0. The van der Waals surface area contributed by atoms with E-state index in [1.54, 1.807) is 0 Å². The third-order valence-electron chi connectivity index (χ3n) is 10.2. The molecule has 0 aliphatic carbocycles. The monoisotopic (exact) mass is 811 g/mol. The molecule has 0 rings (SSSR count). The second kappa shape index (κ2) is 46.8. The molecule has 1 unspecified atom stereocenters. The van der Waals surface area contributed by atoms with Crippen LogP contribution in [0.4, 0.5) is 0 Å². The first-order valence-electron chi connectivity index (χ1n) is 24.3. The third kappa shape index (κ3) is 44.2. The molecule has 0 aromatic rings. The first kappa shape index (κ1) is 55.1. The van der Waals surface area contributed by atoms with Crippen LogP contribution in [0.15, 0.2) is 60.8 Å². The number of carbonyl (C=O) groups excluding carboxylic acids is 3. The Morgan fingerprint density at radius 2 is 0.672 bits per heavy atom. The highest BCUT2D eigenvalue weighted by atomic mass is 16.6. The van der Waals surface area contributed by atoms with Crippen LogP contribution >= 0.6 is 0 Å². The molecular formula is C52H90O6. The summed E-state index contributed by atoms with van der Waals surface area (Å²) in [5, 5.41) is 0. The fraction of sp³-hybridized carbons (Fsp3) is 0.750. The van der Waals surface area contributed by atoms with Gasteiger partial charge in [0.25, 0.3) is 0 Å². The molecule has 0 saturated heterocycles. The quantitative estimate of drug-likeness (QED) is 0.0264. The van der Waals surface area contributed by atoms with Crippen LogP contribution in [0.2, 0.25) is 0 Å². The highest BCUT2D eigenvalue weighted by Crippen LogP contribution is 2.13. The van der Waals surface area contributed by atoms with Crippen molar-refractivity contribution in [3.8, 4) is 0 Å². The van der Waals surface area contributed by atoms with Gasteiger partial charge in [-0.15, -0.1) is 0 Å². The predicted octanol–water partition coefficient (Wildman–Crippen LogP) is 15.7. The van der Waals surface area contributed by atoms with Crippen LogP contribution < -0.4 is 0 Å². The van der Waals surface area contributed by atoms with Gasteiger partial charge >= 0.3 is 17.9 Å². The molecule has 334 valence electrons. The molecule has 0 fully saturated rings. The maximum atomic E-state index is 12.7. The van der Waals surface area contributed by atoms with Crippen molar-refractivity contribution >= 4 is 17.9 Å². The van der Waals surface area contributed by atoms with Crippen molar-refractivity contribution in [2.24, 2.45) is 0 Å². The van der Waals surface area contributed by atoms with Gasteiger partial charge in [0, 0.05) is 19.3 Å². The number of ether oxygens (including phenoxy) is 3. The zero-order valence-electron chi connectivity index (χ0n) is 38.0.